The molecule has 1 aliphatic carbocycles. The van der Waals surface area contributed by atoms with Crippen LogP contribution in [-0.2, 0) is 11.3 Å². The van der Waals surface area contributed by atoms with E-state index in [0.29, 0.717) is 12.8 Å². The van der Waals surface area contributed by atoms with E-state index in [1.807, 2.05) is 6.92 Å². The van der Waals surface area contributed by atoms with Crippen LogP contribution in [0.25, 0.3) is 0 Å². The van der Waals surface area contributed by atoms with Gasteiger partial charge in [0, 0.05) is 17.5 Å². The van der Waals surface area contributed by atoms with Gasteiger partial charge in [0.05, 0.1) is 6.61 Å². The first-order valence-electron chi connectivity index (χ1n) is 9.44. The van der Waals surface area contributed by atoms with Gasteiger partial charge in [-0.2, -0.15) is 0 Å². The van der Waals surface area contributed by atoms with E-state index in [2.05, 4.69) is 24.4 Å². The topological polar surface area (TPSA) is 92.8 Å². The number of unbranched alkanes of at least 4 members (excludes halogenated alkanes) is 2. The summed E-state index contributed by atoms with van der Waals surface area (Å²) in [6.45, 7) is 8.36. The predicted octanol–water partition coefficient (Wildman–Crippen LogP) is 5.03. The largest absolute Gasteiger partial charge is 0.508 e. The molecule has 0 saturated carbocycles. The fourth-order valence-electron chi connectivity index (χ4n) is 3.91. The van der Waals surface area contributed by atoms with Gasteiger partial charge in [0.25, 0.3) is 5.09 Å². The summed E-state index contributed by atoms with van der Waals surface area (Å²) < 4.78 is 0. The second kappa shape index (κ2) is 9.44. The molecule has 1 aliphatic rings. The van der Waals surface area contributed by atoms with Crippen molar-refractivity contribution in [1.29, 1.82) is 0 Å². The number of nitrogens with zero attached hydrogens (tertiary/aromatic N) is 1. The third-order valence-corrected chi connectivity index (χ3v) is 5.23. The lowest BCUT2D eigenvalue weighted by molar-refractivity contribution is -0.757. The van der Waals surface area contributed by atoms with E-state index in [1.165, 1.54) is 11.6 Å². The highest BCUT2D eigenvalue weighted by molar-refractivity contribution is 5.50. The molecule has 1 aromatic carbocycles. The number of aromatic hydroxyl groups is 2. The molecule has 6 nitrogen and oxygen atoms in total. The predicted molar refractivity (Wildman–Crippen MR) is 104 cm³/mol. The van der Waals surface area contributed by atoms with E-state index in [9.17, 15) is 20.3 Å². The Kier molecular flexibility index (Phi) is 7.28. The number of rotatable bonds is 9. The molecule has 0 radical (unpaired) electrons. The zero-order valence-corrected chi connectivity index (χ0v) is 16.1. The van der Waals surface area contributed by atoms with Crippen molar-refractivity contribution in [2.45, 2.75) is 58.3 Å². The number of hydrogen-bond donors (Lipinski definition) is 2. The molecule has 1 aromatic rings. The zero-order chi connectivity index (χ0) is 20.0. The average Bonchev–Trinajstić information content (AvgIpc) is 2.56. The molecular weight excluding hydrogens is 346 g/mol. The SMILES string of the molecule is C=C(C)[C@@H]1CCC(C)=C[C@H]1c1c(O)cc(O)cc1CCCCCO[N+](=O)[O-]. The minimum Gasteiger partial charge on any atom is -0.508 e. The summed E-state index contributed by atoms with van der Waals surface area (Å²) in [7, 11) is 0. The molecule has 0 heterocycles. The first kappa shape index (κ1) is 20.8. The standard InChI is InChI=1S/C21H29NO5/c1-14(2)18-9-8-15(3)11-19(18)21-16(12-17(23)13-20(21)24)7-5-4-6-10-27-22(25)26/h11-13,18-19,23-24H,1,4-10H2,2-3H3/t18-,19+/m0/s1. The van der Waals surface area contributed by atoms with Crippen LogP contribution < -0.4 is 0 Å². The summed E-state index contributed by atoms with van der Waals surface area (Å²) in [5, 5.41) is 30.0. The lowest BCUT2D eigenvalue weighted by Crippen LogP contribution is -2.18. The first-order chi connectivity index (χ1) is 12.8. The van der Waals surface area contributed by atoms with Crippen molar-refractivity contribution in [1.82, 2.24) is 0 Å². The van der Waals surface area contributed by atoms with Crippen molar-refractivity contribution in [3.63, 3.8) is 0 Å². The minimum absolute atomic E-state index is 0.0460. The second-order valence-corrected chi connectivity index (χ2v) is 7.44. The van der Waals surface area contributed by atoms with Crippen molar-refractivity contribution in [2.75, 3.05) is 6.61 Å². The summed E-state index contributed by atoms with van der Waals surface area (Å²) in [5.74, 6) is 0.469. The maximum atomic E-state index is 10.6. The minimum atomic E-state index is -0.777. The Hall–Kier alpha value is -2.50. The fraction of sp³-hybridized carbons (Fsp3) is 0.524. The van der Waals surface area contributed by atoms with Gasteiger partial charge in [-0.3, -0.25) is 0 Å². The van der Waals surface area contributed by atoms with Crippen molar-refractivity contribution in [2.24, 2.45) is 5.92 Å². The Morgan fingerprint density at radius 1 is 1.33 bits per heavy atom. The summed E-state index contributed by atoms with van der Waals surface area (Å²) in [6.07, 6.45) is 7.08. The zero-order valence-electron chi connectivity index (χ0n) is 16.1. The van der Waals surface area contributed by atoms with Gasteiger partial charge in [0.1, 0.15) is 11.5 Å². The molecule has 2 N–H and O–H groups in total. The van der Waals surface area contributed by atoms with Crippen molar-refractivity contribution in [3.05, 3.63) is 57.2 Å². The number of hydrogen-bond acceptors (Lipinski definition) is 5. The summed E-state index contributed by atoms with van der Waals surface area (Å²) in [5.41, 5.74) is 4.18. The van der Waals surface area contributed by atoms with E-state index in [0.717, 1.165) is 42.4 Å². The third-order valence-electron chi connectivity index (χ3n) is 5.23. The van der Waals surface area contributed by atoms with Crippen LogP contribution in [0.4, 0.5) is 0 Å². The average molecular weight is 375 g/mol. The van der Waals surface area contributed by atoms with Crippen LogP contribution in [0.3, 0.4) is 0 Å². The van der Waals surface area contributed by atoms with Crippen LogP contribution in [0.5, 0.6) is 11.5 Å². The maximum Gasteiger partial charge on any atom is 0.294 e. The summed E-state index contributed by atoms with van der Waals surface area (Å²) in [6, 6.07) is 3.12. The number of phenolic OH excluding ortho intramolecular Hbond substituents is 2. The van der Waals surface area contributed by atoms with E-state index in [4.69, 9.17) is 0 Å². The molecule has 0 saturated heterocycles. The molecule has 0 bridgehead atoms. The Labute approximate surface area is 160 Å². The van der Waals surface area contributed by atoms with Gasteiger partial charge in [-0.1, -0.05) is 30.2 Å². The Balaban J connectivity index is 2.19. The lowest BCUT2D eigenvalue weighted by atomic mass is 9.72. The summed E-state index contributed by atoms with van der Waals surface area (Å²) >= 11 is 0. The van der Waals surface area contributed by atoms with Crippen LogP contribution in [0.1, 0.15) is 63.0 Å². The fourth-order valence-corrected chi connectivity index (χ4v) is 3.91. The highest BCUT2D eigenvalue weighted by Gasteiger charge is 2.29. The molecule has 148 valence electrons. The van der Waals surface area contributed by atoms with E-state index in [-0.39, 0.29) is 29.9 Å². The van der Waals surface area contributed by atoms with E-state index >= 15 is 0 Å². The van der Waals surface area contributed by atoms with Gasteiger partial charge in [-0.05, 0) is 63.5 Å². The molecule has 0 unspecified atom stereocenters. The second-order valence-electron chi connectivity index (χ2n) is 7.44. The third kappa shape index (κ3) is 5.74. The Morgan fingerprint density at radius 2 is 2.07 bits per heavy atom. The van der Waals surface area contributed by atoms with Crippen LogP contribution >= 0.6 is 0 Å². The smallest absolute Gasteiger partial charge is 0.294 e. The monoisotopic (exact) mass is 375 g/mol. The van der Waals surface area contributed by atoms with Gasteiger partial charge in [0.15, 0.2) is 0 Å². The molecule has 27 heavy (non-hydrogen) atoms. The molecule has 0 amide bonds. The Morgan fingerprint density at radius 3 is 2.74 bits per heavy atom. The van der Waals surface area contributed by atoms with Crippen molar-refractivity contribution < 1.29 is 20.1 Å². The number of allylic oxidation sites excluding steroid dienone is 3. The molecule has 2 rings (SSSR count). The van der Waals surface area contributed by atoms with Crippen LogP contribution in [0.15, 0.2) is 35.9 Å². The lowest BCUT2D eigenvalue weighted by Gasteiger charge is -2.32. The maximum absolute atomic E-state index is 10.6. The first-order valence-corrected chi connectivity index (χ1v) is 9.44. The quantitative estimate of drug-likeness (QED) is 0.273. The van der Waals surface area contributed by atoms with Crippen molar-refractivity contribution >= 4 is 0 Å². The van der Waals surface area contributed by atoms with E-state index < -0.39 is 5.09 Å². The van der Waals surface area contributed by atoms with Gasteiger partial charge < -0.3 is 15.1 Å². The van der Waals surface area contributed by atoms with Crippen LogP contribution in [0.2, 0.25) is 0 Å². The normalized spacial score (nSPS) is 19.4. The van der Waals surface area contributed by atoms with Gasteiger partial charge in [-0.25, -0.2) is 0 Å². The van der Waals surface area contributed by atoms with Crippen molar-refractivity contribution in [3.8, 4) is 11.5 Å². The molecule has 0 spiro atoms. The molecule has 0 aromatic heterocycles. The highest BCUT2D eigenvalue weighted by Crippen LogP contribution is 2.45. The van der Waals surface area contributed by atoms with Gasteiger partial charge in [-0.15, -0.1) is 10.1 Å². The van der Waals surface area contributed by atoms with E-state index in [1.54, 1.807) is 6.07 Å². The summed E-state index contributed by atoms with van der Waals surface area (Å²) in [4.78, 5) is 14.5. The Bertz CT molecular complexity index is 726. The number of aryl methyl sites for hydroxylation is 1. The molecular formula is C21H29NO5. The molecule has 2 atom stereocenters. The molecule has 6 heteroatoms. The molecule has 0 fully saturated rings. The molecule has 0 aliphatic heterocycles. The van der Waals surface area contributed by atoms with Crippen LogP contribution in [0, 0.1) is 16.0 Å². The van der Waals surface area contributed by atoms with Gasteiger partial charge in [0.2, 0.25) is 0 Å². The van der Waals surface area contributed by atoms with Crippen LogP contribution in [-0.4, -0.2) is 21.9 Å². The highest BCUT2D eigenvalue weighted by atomic mass is 16.9. The van der Waals surface area contributed by atoms with Gasteiger partial charge >= 0.3 is 0 Å². The number of phenols is 2. The number of benzene rings is 1.